The second-order valence-electron chi connectivity index (χ2n) is 16.2. The summed E-state index contributed by atoms with van der Waals surface area (Å²) in [5.41, 5.74) is 2.81. The first-order valence-electron chi connectivity index (χ1n) is 18.8. The first-order valence-corrected chi connectivity index (χ1v) is 22.1. The van der Waals surface area contributed by atoms with Gasteiger partial charge >= 0.3 is 12.1 Å². The molecule has 2 N–H and O–H groups in total. The van der Waals surface area contributed by atoms with Crippen LogP contribution in [0, 0.1) is 20.8 Å². The van der Waals surface area contributed by atoms with Crippen molar-refractivity contribution in [3.63, 3.8) is 0 Å². The van der Waals surface area contributed by atoms with E-state index in [9.17, 15) is 9.59 Å². The number of aromatic nitrogens is 3. The van der Waals surface area contributed by atoms with Gasteiger partial charge in [0.1, 0.15) is 29.5 Å². The predicted octanol–water partition coefficient (Wildman–Crippen LogP) is 7.35. The zero-order valence-electron chi connectivity index (χ0n) is 34.5. The normalized spacial score (nSPS) is 15.8. The van der Waals surface area contributed by atoms with Gasteiger partial charge in [0.05, 0.1) is 60.5 Å². The zero-order valence-corrected chi connectivity index (χ0v) is 36.2. The van der Waals surface area contributed by atoms with Gasteiger partial charge in [-0.2, -0.15) is 0 Å². The van der Waals surface area contributed by atoms with Crippen molar-refractivity contribution >= 4 is 37.8 Å². The number of aryl methyl sites for hydroxylation is 2. The van der Waals surface area contributed by atoms with Crippen molar-refractivity contribution in [3.8, 4) is 28.4 Å². The van der Waals surface area contributed by atoms with E-state index in [0.717, 1.165) is 11.1 Å². The topological polar surface area (TPSA) is 159 Å². The lowest BCUT2D eigenvalue weighted by Crippen LogP contribution is -2.52. The Balaban J connectivity index is 1.64. The summed E-state index contributed by atoms with van der Waals surface area (Å²) < 4.78 is 35.2. The molecule has 304 valence electrons. The Morgan fingerprint density at radius 1 is 1.11 bits per heavy atom. The number of morpholine rings is 1. The van der Waals surface area contributed by atoms with Gasteiger partial charge in [0.2, 0.25) is 0 Å². The molecule has 0 spiro atoms. The first-order chi connectivity index (χ1) is 25.7. The number of benzene rings is 1. The maximum absolute atomic E-state index is 12.7. The Morgan fingerprint density at radius 3 is 2.47 bits per heavy atom. The van der Waals surface area contributed by atoms with Crippen molar-refractivity contribution in [1.82, 2.24) is 25.3 Å². The number of carbonyl (C=O) groups is 2. The Kier molecular flexibility index (Phi) is 14.7. The summed E-state index contributed by atoms with van der Waals surface area (Å²) in [4.78, 5) is 36.8. The minimum absolute atomic E-state index is 0.0432. The number of esters is 1. The Labute approximate surface area is 331 Å². The van der Waals surface area contributed by atoms with Gasteiger partial charge in [-0.1, -0.05) is 37.5 Å². The summed E-state index contributed by atoms with van der Waals surface area (Å²) >= 11 is 6.85. The van der Waals surface area contributed by atoms with E-state index in [1.165, 1.54) is 0 Å². The number of ether oxygens (including phenoxy) is 4. The molecule has 1 fully saturated rings. The third-order valence-electron chi connectivity index (χ3n) is 9.59. The standard InChI is InChI=1S/C39H59ClN6O8Si/c1-13-50-37(48)46-16-17-49-22-27(46)19-42-35-24(2)34(33-25(3)45-53-26(33)4)43-36(44-35)30-18-28(14-15-31(30)40)51-23-29(54-55(11,12)39(8,9)10)20-41-21-32(47)52-38(5,6)7/h14-15,18,27,29,41H,13,16-17,19-23H2,1-12H3,(H,42,43,44)/t27-,29+/m0/s1. The summed E-state index contributed by atoms with van der Waals surface area (Å²) in [6, 6.07) is 5.06. The highest BCUT2D eigenvalue weighted by Crippen LogP contribution is 2.38. The van der Waals surface area contributed by atoms with Crippen molar-refractivity contribution in [2.24, 2.45) is 0 Å². The van der Waals surface area contributed by atoms with Gasteiger partial charge in [0, 0.05) is 30.8 Å². The monoisotopic (exact) mass is 802 g/mol. The quantitative estimate of drug-likeness (QED) is 0.116. The highest BCUT2D eigenvalue weighted by molar-refractivity contribution is 6.74. The molecule has 4 rings (SSSR count). The molecule has 3 aromatic rings. The molecule has 0 unspecified atom stereocenters. The van der Waals surface area contributed by atoms with Gasteiger partial charge in [-0.3, -0.25) is 9.69 Å². The fourth-order valence-corrected chi connectivity index (χ4v) is 7.29. The van der Waals surface area contributed by atoms with E-state index in [-0.39, 0.29) is 49.0 Å². The summed E-state index contributed by atoms with van der Waals surface area (Å²) in [6.45, 7) is 26.3. The van der Waals surface area contributed by atoms with Gasteiger partial charge < -0.3 is 38.5 Å². The molecule has 1 aromatic carbocycles. The summed E-state index contributed by atoms with van der Waals surface area (Å²) in [5.74, 6) is 1.72. The fraction of sp³-hybridized carbons (Fsp3) is 0.615. The van der Waals surface area contributed by atoms with Crippen molar-refractivity contribution in [2.75, 3.05) is 57.9 Å². The van der Waals surface area contributed by atoms with Gasteiger partial charge in [0.25, 0.3) is 0 Å². The molecule has 55 heavy (non-hydrogen) atoms. The lowest BCUT2D eigenvalue weighted by atomic mass is 10.0. The lowest BCUT2D eigenvalue weighted by Gasteiger charge is -2.39. The van der Waals surface area contributed by atoms with Crippen LogP contribution < -0.4 is 15.4 Å². The Hall–Kier alpha value is -3.76. The lowest BCUT2D eigenvalue weighted by molar-refractivity contribution is -0.153. The van der Waals surface area contributed by atoms with Crippen molar-refractivity contribution in [2.45, 2.75) is 105 Å². The van der Waals surface area contributed by atoms with Crippen LogP contribution >= 0.6 is 11.6 Å². The van der Waals surface area contributed by atoms with Crippen LogP contribution in [0.15, 0.2) is 22.7 Å². The van der Waals surface area contributed by atoms with Crippen LogP contribution in [0.2, 0.25) is 23.2 Å². The minimum Gasteiger partial charge on any atom is -0.491 e. The van der Waals surface area contributed by atoms with Gasteiger partial charge in [-0.05, 0) is 84.8 Å². The molecular formula is C39H59ClN6O8Si. The number of halogens is 1. The van der Waals surface area contributed by atoms with Crippen LogP contribution in [0.25, 0.3) is 22.6 Å². The number of amides is 1. The largest absolute Gasteiger partial charge is 0.491 e. The number of nitrogens with one attached hydrogen (secondary N) is 2. The van der Waals surface area contributed by atoms with E-state index in [2.05, 4.69) is 49.7 Å². The van der Waals surface area contributed by atoms with Crippen LogP contribution in [0.1, 0.15) is 65.5 Å². The average molecular weight is 803 g/mol. The number of nitrogens with zero attached hydrogens (tertiary/aromatic N) is 4. The molecule has 2 aromatic heterocycles. The second-order valence-corrected chi connectivity index (χ2v) is 21.4. The van der Waals surface area contributed by atoms with Crippen LogP contribution in [-0.4, -0.2) is 111 Å². The molecular weight excluding hydrogens is 744 g/mol. The molecule has 14 nitrogen and oxygen atoms in total. The van der Waals surface area contributed by atoms with E-state index in [1.807, 2.05) is 47.6 Å². The molecule has 2 atom stereocenters. The number of rotatable bonds is 15. The SMILES string of the molecule is CCOC(=O)N1CCOC[C@@H]1CNc1nc(-c2cc(OC[C@@H](CNCC(=O)OC(C)(C)C)O[Si](C)(C)C(C)(C)C)ccc2Cl)nc(-c2c(C)noc2C)c1C. The smallest absolute Gasteiger partial charge is 0.410 e. The average Bonchev–Trinajstić information content (AvgIpc) is 3.43. The van der Waals surface area contributed by atoms with E-state index in [1.54, 1.807) is 24.0 Å². The molecule has 3 heterocycles. The second kappa shape index (κ2) is 18.5. The number of hydrogen-bond donors (Lipinski definition) is 2. The molecule has 0 radical (unpaired) electrons. The molecule has 0 bridgehead atoms. The molecule has 1 saturated heterocycles. The molecule has 16 heteroatoms. The maximum Gasteiger partial charge on any atom is 0.410 e. The highest BCUT2D eigenvalue weighted by atomic mass is 35.5. The third-order valence-corrected chi connectivity index (χ3v) is 14.5. The van der Waals surface area contributed by atoms with Crippen molar-refractivity contribution in [3.05, 3.63) is 40.2 Å². The molecule has 1 aliphatic rings. The van der Waals surface area contributed by atoms with Crippen LogP contribution in [0.5, 0.6) is 5.75 Å². The molecule has 1 aliphatic heterocycles. The first kappa shape index (κ1) is 44.0. The van der Waals surface area contributed by atoms with Crippen molar-refractivity contribution in [1.29, 1.82) is 0 Å². The highest BCUT2D eigenvalue weighted by Gasteiger charge is 2.39. The number of hydrogen-bond acceptors (Lipinski definition) is 13. The van der Waals surface area contributed by atoms with Gasteiger partial charge in [-0.15, -0.1) is 0 Å². The Bertz CT molecular complexity index is 1770. The van der Waals surface area contributed by atoms with E-state index in [4.69, 9.17) is 49.5 Å². The maximum atomic E-state index is 12.7. The van der Waals surface area contributed by atoms with Gasteiger partial charge in [-0.25, -0.2) is 14.8 Å². The molecule has 1 amide bonds. The number of carbonyl (C=O) groups excluding carboxylic acids is 2. The predicted molar refractivity (Wildman–Crippen MR) is 215 cm³/mol. The van der Waals surface area contributed by atoms with Crippen LogP contribution in [0.4, 0.5) is 10.6 Å². The molecule has 0 aliphatic carbocycles. The number of anilines is 1. The van der Waals surface area contributed by atoms with E-state index >= 15 is 0 Å². The van der Waals surface area contributed by atoms with Crippen LogP contribution in [0.3, 0.4) is 0 Å². The van der Waals surface area contributed by atoms with Crippen LogP contribution in [-0.2, 0) is 23.4 Å². The fourth-order valence-electron chi connectivity index (χ4n) is 5.75. The summed E-state index contributed by atoms with van der Waals surface area (Å²) in [7, 11) is -2.22. The summed E-state index contributed by atoms with van der Waals surface area (Å²) in [6.07, 6.45) is -0.744. The Morgan fingerprint density at radius 2 is 1.84 bits per heavy atom. The van der Waals surface area contributed by atoms with E-state index < -0.39 is 13.9 Å². The zero-order chi connectivity index (χ0) is 40.7. The summed E-state index contributed by atoms with van der Waals surface area (Å²) in [5, 5.41) is 11.2. The van der Waals surface area contributed by atoms with E-state index in [0.29, 0.717) is 78.0 Å². The third kappa shape index (κ3) is 11.9. The van der Waals surface area contributed by atoms with Crippen molar-refractivity contribution < 1.29 is 37.5 Å². The minimum atomic E-state index is -2.22. The molecule has 0 saturated carbocycles. The van der Waals surface area contributed by atoms with Gasteiger partial charge in [0.15, 0.2) is 14.1 Å².